The van der Waals surface area contributed by atoms with E-state index in [2.05, 4.69) is 88.1 Å². The molecule has 0 saturated carbocycles. The zero-order chi connectivity index (χ0) is 48.4. The van der Waals surface area contributed by atoms with Gasteiger partial charge in [-0.05, 0) is 80.7 Å². The Morgan fingerprint density at radius 1 is 0.353 bits per heavy atom. The summed E-state index contributed by atoms with van der Waals surface area (Å²) in [4.78, 5) is 0. The summed E-state index contributed by atoms with van der Waals surface area (Å²) in [5.41, 5.74) is 22.3. The lowest BCUT2D eigenvalue weighted by Crippen LogP contribution is -2.05. The van der Waals surface area contributed by atoms with Crippen molar-refractivity contribution in [3.63, 3.8) is 0 Å². The molecule has 0 N–H and O–H groups in total. The monoisotopic (exact) mass is 929 g/mol. The Morgan fingerprint density at radius 3 is 1.26 bits per heavy atom. The van der Waals surface area contributed by atoms with Gasteiger partial charge in [0.1, 0.15) is 0 Å². The van der Waals surface area contributed by atoms with Gasteiger partial charge in [0, 0.05) is 35.1 Å². The lowest BCUT2D eigenvalue weighted by molar-refractivity contribution is -0.345. The van der Waals surface area contributed by atoms with Crippen LogP contribution in [-0.2, 0) is 12.8 Å². The van der Waals surface area contributed by atoms with Gasteiger partial charge in [-0.15, -0.1) is 11.8 Å². The van der Waals surface area contributed by atoms with Crippen LogP contribution in [0, 0.1) is 11.8 Å². The van der Waals surface area contributed by atoms with Gasteiger partial charge < -0.3 is 5.53 Å². The maximum Gasteiger partial charge on any atom is 0.211 e. The Kier molecular flexibility index (Phi) is 36.5. The van der Waals surface area contributed by atoms with Crippen LogP contribution in [0.15, 0.2) is 59.7 Å². The third-order valence-corrected chi connectivity index (χ3v) is 15.0. The molecule has 2 aromatic carbocycles. The Hall–Kier alpha value is -2.92. The van der Waals surface area contributed by atoms with Gasteiger partial charge in [-0.1, -0.05) is 276 Å². The van der Waals surface area contributed by atoms with E-state index in [0.29, 0.717) is 0 Å². The summed E-state index contributed by atoms with van der Waals surface area (Å²) in [5.74, 6) is 6.96. The predicted molar refractivity (Wildman–Crippen MR) is 302 cm³/mol. The number of allylic oxidation sites excluding steroid dienone is 2. The molecule has 0 aliphatic carbocycles. The Balaban J connectivity index is 1.37. The molecule has 2 heteroatoms. The topological polar surface area (TPSA) is 25.3 Å². The molecule has 0 unspecified atom stereocenters. The van der Waals surface area contributed by atoms with Crippen molar-refractivity contribution in [2.24, 2.45) is 0 Å². The Bertz CT molecular complexity index is 1680. The number of aryl methyl sites for hydroxylation is 2. The van der Waals surface area contributed by atoms with E-state index in [1.54, 1.807) is 4.70 Å². The maximum absolute atomic E-state index is 12.4. The second kappa shape index (κ2) is 41.8. The van der Waals surface area contributed by atoms with Crippen LogP contribution in [0.4, 0.5) is 0 Å². The second-order valence-electron chi connectivity index (χ2n) is 21.2. The van der Waals surface area contributed by atoms with Crippen LogP contribution >= 0.6 is 0 Å². The normalized spacial score (nSPS) is 12.7. The van der Waals surface area contributed by atoms with Crippen molar-refractivity contribution in [1.29, 1.82) is 0 Å². The summed E-state index contributed by atoms with van der Waals surface area (Å²) in [5, 5.41) is 0. The van der Waals surface area contributed by atoms with E-state index < -0.39 is 0 Å². The lowest BCUT2D eigenvalue weighted by atomic mass is 9.90. The first-order chi connectivity index (χ1) is 33.7. The van der Waals surface area contributed by atoms with Gasteiger partial charge in [0.15, 0.2) is 0 Å². The zero-order valence-corrected chi connectivity index (χ0v) is 45.6. The first-order valence-corrected chi connectivity index (χ1v) is 30.2. The zero-order valence-electron chi connectivity index (χ0n) is 45.6. The molecule has 3 rings (SSSR count). The molecule has 0 spiro atoms. The summed E-state index contributed by atoms with van der Waals surface area (Å²) in [7, 11) is 0. The fraction of sp³-hybridized carbons (Fsp3) is 0.727. The van der Waals surface area contributed by atoms with Gasteiger partial charge in [-0.2, -0.15) is 0 Å². The summed E-state index contributed by atoms with van der Waals surface area (Å²) in [6, 6.07) is 18.0. The van der Waals surface area contributed by atoms with E-state index in [4.69, 9.17) is 0 Å². The van der Waals surface area contributed by atoms with Crippen LogP contribution in [0.25, 0.3) is 16.9 Å². The molecule has 2 nitrogen and oxygen atoms in total. The van der Waals surface area contributed by atoms with Gasteiger partial charge >= 0.3 is 0 Å². The van der Waals surface area contributed by atoms with Crippen molar-refractivity contribution in [2.75, 3.05) is 0 Å². The molecule has 0 amide bonds. The molecule has 382 valence electrons. The van der Waals surface area contributed by atoms with Crippen molar-refractivity contribution in [2.45, 2.75) is 310 Å². The number of hydrogen-bond acceptors (Lipinski definition) is 0. The van der Waals surface area contributed by atoms with E-state index in [1.807, 2.05) is 0 Å². The molecule has 0 radical (unpaired) electrons. The van der Waals surface area contributed by atoms with Crippen molar-refractivity contribution in [1.82, 2.24) is 0 Å². The quantitative estimate of drug-likeness (QED) is 0.0359. The van der Waals surface area contributed by atoms with E-state index in [0.717, 1.165) is 69.2 Å². The summed E-state index contributed by atoms with van der Waals surface area (Å²) >= 11 is 0. The van der Waals surface area contributed by atoms with E-state index in [1.165, 1.54) is 258 Å². The fourth-order valence-electron chi connectivity index (χ4n) is 10.7. The van der Waals surface area contributed by atoms with Gasteiger partial charge in [0.05, 0.1) is 0 Å². The van der Waals surface area contributed by atoms with Crippen LogP contribution in [0.5, 0.6) is 0 Å². The molecular formula is C66H108N2. The minimum Gasteiger partial charge on any atom is -0.493 e. The Labute approximate surface area is 423 Å². The number of nitrogens with zero attached hydrogens (tertiary/aromatic N) is 2. The third-order valence-electron chi connectivity index (χ3n) is 15.0. The summed E-state index contributed by atoms with van der Waals surface area (Å²) < 4.78 is 1.61. The molecule has 0 atom stereocenters. The minimum atomic E-state index is 0.862. The van der Waals surface area contributed by atoms with Crippen LogP contribution in [0.3, 0.4) is 0 Å². The van der Waals surface area contributed by atoms with E-state index >= 15 is 0 Å². The van der Waals surface area contributed by atoms with Crippen molar-refractivity contribution >= 4 is 11.4 Å². The molecule has 1 heterocycles. The number of hydrogen-bond donors (Lipinski definition) is 0. The molecule has 68 heavy (non-hydrogen) atoms. The summed E-state index contributed by atoms with van der Waals surface area (Å²) in [6.07, 6.45) is 58.3. The Morgan fingerprint density at radius 2 is 0.750 bits per heavy atom. The number of rotatable bonds is 45. The van der Waals surface area contributed by atoms with E-state index in [-0.39, 0.29) is 0 Å². The second-order valence-corrected chi connectivity index (χ2v) is 21.2. The summed E-state index contributed by atoms with van der Waals surface area (Å²) in [6.45, 7) is 9.17. The highest BCUT2D eigenvalue weighted by Crippen LogP contribution is 2.45. The highest BCUT2D eigenvalue weighted by Gasteiger charge is 2.36. The average Bonchev–Trinajstić information content (AvgIpc) is 3.63. The largest absolute Gasteiger partial charge is 0.493 e. The molecule has 2 aromatic rings. The third kappa shape index (κ3) is 26.3. The van der Waals surface area contributed by atoms with Crippen molar-refractivity contribution in [3.8, 4) is 11.8 Å². The molecule has 0 fully saturated rings. The fourth-order valence-corrected chi connectivity index (χ4v) is 10.7. The molecule has 0 aromatic heterocycles. The minimum absolute atomic E-state index is 0.862. The van der Waals surface area contributed by atoms with Gasteiger partial charge in [-0.3, -0.25) is 0 Å². The molecule has 1 aliphatic rings. The van der Waals surface area contributed by atoms with Gasteiger partial charge in [-0.25, -0.2) is 4.70 Å². The molecule has 0 bridgehead atoms. The van der Waals surface area contributed by atoms with Crippen LogP contribution in [-0.4, -0.2) is 4.70 Å². The smallest absolute Gasteiger partial charge is 0.211 e. The lowest BCUT2D eigenvalue weighted by Gasteiger charge is -2.13. The van der Waals surface area contributed by atoms with Crippen LogP contribution in [0.2, 0.25) is 0 Å². The molecule has 0 saturated heterocycles. The van der Waals surface area contributed by atoms with Crippen LogP contribution < -0.4 is 0 Å². The first-order valence-electron chi connectivity index (χ1n) is 30.2. The van der Waals surface area contributed by atoms with Gasteiger partial charge in [0.25, 0.3) is 0 Å². The average molecular weight is 930 g/mol. The van der Waals surface area contributed by atoms with Gasteiger partial charge in [0.2, 0.25) is 11.4 Å². The van der Waals surface area contributed by atoms with Crippen LogP contribution in [0.1, 0.15) is 320 Å². The number of benzene rings is 2. The first kappa shape index (κ1) is 59.4. The number of unbranched alkanes of at least 4 members (excludes halogenated alkanes) is 35. The standard InChI is InChI=1S/C66H108N2/c1-5-9-13-16-18-20-21-22-23-24-25-26-27-28-29-30-31-32-33-34-35-36-37-39-40-42-44-50-59-51-49-54-61(58-59)65-63(55-12-8-4)64(57-46-15-11-7-3)66(68(65)67)62-56-48-47-53-60(62)52-45-43-41-38-19-17-14-10-6-2/h47-49,51,53-54,56,58H,5-40,42,44-46,50,52,55,57H2,1-4H3. The SMILES string of the molecule is CCCCCCCC#CCCc1ccccc1C1=C(CCCCCC)C(CCCC)=C(c2cccc(CCCCCCCCCCCCCCCCCCCCCCCCCCCCC)c2)[N+]1=[N-]. The van der Waals surface area contributed by atoms with Crippen molar-refractivity contribution in [3.05, 3.63) is 87.5 Å². The highest BCUT2D eigenvalue weighted by molar-refractivity contribution is 5.83. The predicted octanol–water partition coefficient (Wildman–Crippen LogP) is 22.4. The molecular weight excluding hydrogens is 821 g/mol. The maximum atomic E-state index is 12.4. The van der Waals surface area contributed by atoms with E-state index in [9.17, 15) is 5.53 Å². The molecule has 1 aliphatic heterocycles. The van der Waals surface area contributed by atoms with Crippen molar-refractivity contribution < 1.29 is 4.70 Å². The highest BCUT2D eigenvalue weighted by atomic mass is 15.2.